The molecule has 174 valence electrons. The predicted octanol–water partition coefficient (Wildman–Crippen LogP) is 2.54. The number of benzene rings is 1. The summed E-state index contributed by atoms with van der Waals surface area (Å²) < 4.78 is 0. The van der Waals surface area contributed by atoms with Crippen LogP contribution in [-0.4, -0.2) is 49.7 Å². The molecule has 1 saturated heterocycles. The molecule has 4 N–H and O–H groups in total. The number of carbonyl (C=O) groups is 1. The van der Waals surface area contributed by atoms with Gasteiger partial charge in [0.15, 0.2) is 5.82 Å². The quantitative estimate of drug-likeness (QED) is 0.472. The Morgan fingerprint density at radius 3 is 2.91 bits per heavy atom. The van der Waals surface area contributed by atoms with Crippen molar-refractivity contribution in [3.63, 3.8) is 0 Å². The molecule has 0 bridgehead atoms. The Bertz CT molecular complexity index is 1190. The van der Waals surface area contributed by atoms with Crippen LogP contribution in [0.15, 0.2) is 48.9 Å². The fourth-order valence-corrected chi connectivity index (χ4v) is 5.16. The maximum Gasteiger partial charge on any atom is 0.322 e. The van der Waals surface area contributed by atoms with Crippen molar-refractivity contribution in [3.8, 4) is 11.4 Å². The van der Waals surface area contributed by atoms with Crippen LogP contribution in [0.4, 0.5) is 16.3 Å². The number of hydrogen-bond acceptors (Lipinski definition) is 8. The summed E-state index contributed by atoms with van der Waals surface area (Å²) in [7, 11) is 0. The molecule has 2 aromatic heterocycles. The number of hydrogen-bond donors (Lipinski definition) is 4. The summed E-state index contributed by atoms with van der Waals surface area (Å²) in [6, 6.07) is 10.7. The highest BCUT2D eigenvalue weighted by atomic mass is 16.2. The molecule has 2 amide bonds. The van der Waals surface area contributed by atoms with E-state index in [-0.39, 0.29) is 6.03 Å². The van der Waals surface area contributed by atoms with Gasteiger partial charge in [0.2, 0.25) is 0 Å². The van der Waals surface area contributed by atoms with E-state index in [2.05, 4.69) is 48.8 Å². The van der Waals surface area contributed by atoms with Gasteiger partial charge >= 0.3 is 6.03 Å². The van der Waals surface area contributed by atoms with Gasteiger partial charge in [0.05, 0.1) is 18.1 Å². The van der Waals surface area contributed by atoms with E-state index in [0.717, 1.165) is 41.9 Å². The van der Waals surface area contributed by atoms with Crippen LogP contribution in [0, 0.1) is 5.92 Å². The fraction of sp³-hybridized carbons (Fsp3) is 0.375. The first-order chi connectivity index (χ1) is 16.7. The Balaban J connectivity index is 1.13. The molecule has 2 fully saturated rings. The van der Waals surface area contributed by atoms with Gasteiger partial charge in [-0.15, -0.1) is 0 Å². The maximum absolute atomic E-state index is 12.7. The normalized spacial score (nSPS) is 23.3. The molecule has 3 atom stereocenters. The number of nitrogens with one attached hydrogen (secondary N) is 4. The van der Waals surface area contributed by atoms with Gasteiger partial charge in [0, 0.05) is 43.5 Å². The molecule has 3 unspecified atom stereocenters. The van der Waals surface area contributed by atoms with Crippen LogP contribution >= 0.6 is 0 Å². The Morgan fingerprint density at radius 1 is 1.06 bits per heavy atom. The van der Waals surface area contributed by atoms with E-state index in [1.807, 2.05) is 18.3 Å². The molecule has 0 radical (unpaired) electrons. The van der Waals surface area contributed by atoms with Crippen molar-refractivity contribution in [1.29, 1.82) is 0 Å². The molecule has 10 heteroatoms. The minimum Gasteiger partial charge on any atom is -0.367 e. The number of amides is 2. The molecule has 1 aromatic carbocycles. The standard InChI is InChI=1S/C24H27N9O/c34-24(30-20-5-8-26-27-12-20)33-13-16-2-1-15(9-18(16)14-33)23-25-7-6-22(31-23)29-19-3-4-21-17(10-19)11-28-32-21/h1-2,5-9,12,17,19,21,28,32H,3-4,10-11,13-14H2,(H,25,29,31)(H,26,30,34). The largest absolute Gasteiger partial charge is 0.367 e. The summed E-state index contributed by atoms with van der Waals surface area (Å²) in [5.74, 6) is 2.22. The molecule has 1 saturated carbocycles. The molecule has 3 aliphatic rings. The van der Waals surface area contributed by atoms with Crippen molar-refractivity contribution >= 4 is 17.5 Å². The minimum absolute atomic E-state index is 0.157. The number of aromatic nitrogens is 4. The van der Waals surface area contributed by atoms with E-state index >= 15 is 0 Å². The number of carbonyl (C=O) groups excluding carboxylic acids is 1. The molecule has 34 heavy (non-hydrogen) atoms. The third kappa shape index (κ3) is 4.29. The van der Waals surface area contributed by atoms with Crippen molar-refractivity contribution in [3.05, 3.63) is 60.0 Å². The van der Waals surface area contributed by atoms with Gasteiger partial charge in [0.25, 0.3) is 0 Å². The molecule has 3 aromatic rings. The Morgan fingerprint density at radius 2 is 2.00 bits per heavy atom. The highest BCUT2D eigenvalue weighted by molar-refractivity contribution is 5.89. The highest BCUT2D eigenvalue weighted by Crippen LogP contribution is 2.30. The number of nitrogens with zero attached hydrogens (tertiary/aromatic N) is 5. The third-order valence-electron chi connectivity index (χ3n) is 6.95. The molecule has 6 rings (SSSR count). The van der Waals surface area contributed by atoms with Crippen molar-refractivity contribution in [2.45, 2.75) is 44.4 Å². The monoisotopic (exact) mass is 457 g/mol. The molecule has 2 aliphatic heterocycles. The summed E-state index contributed by atoms with van der Waals surface area (Å²) in [5.41, 5.74) is 10.5. The summed E-state index contributed by atoms with van der Waals surface area (Å²) in [6.07, 6.45) is 8.32. The molecule has 10 nitrogen and oxygen atoms in total. The van der Waals surface area contributed by atoms with Crippen LogP contribution in [0.2, 0.25) is 0 Å². The first-order valence-corrected chi connectivity index (χ1v) is 11.7. The van der Waals surface area contributed by atoms with Crippen LogP contribution in [0.1, 0.15) is 30.4 Å². The van der Waals surface area contributed by atoms with Crippen molar-refractivity contribution < 1.29 is 4.79 Å². The second kappa shape index (κ2) is 8.96. The number of urea groups is 1. The zero-order chi connectivity index (χ0) is 22.9. The van der Waals surface area contributed by atoms with Gasteiger partial charge in [-0.25, -0.2) is 14.8 Å². The Labute approximate surface area is 197 Å². The summed E-state index contributed by atoms with van der Waals surface area (Å²) >= 11 is 0. The smallest absolute Gasteiger partial charge is 0.322 e. The van der Waals surface area contributed by atoms with Gasteiger partial charge in [-0.05, 0) is 54.5 Å². The van der Waals surface area contributed by atoms with E-state index < -0.39 is 0 Å². The number of hydrazine groups is 1. The lowest BCUT2D eigenvalue weighted by molar-refractivity contribution is 0.212. The molecule has 0 spiro atoms. The Hall–Kier alpha value is -3.63. The Kier molecular flexibility index (Phi) is 5.52. The van der Waals surface area contributed by atoms with E-state index in [0.29, 0.717) is 42.6 Å². The first-order valence-electron chi connectivity index (χ1n) is 11.7. The second-order valence-electron chi connectivity index (χ2n) is 9.21. The number of fused-ring (bicyclic) bond motifs is 2. The SMILES string of the molecule is O=C(Nc1ccnnc1)N1Cc2ccc(-c3nccc(NC4CCC5NNCC5C4)n3)cc2C1. The minimum atomic E-state index is -0.157. The van der Waals surface area contributed by atoms with E-state index in [9.17, 15) is 4.79 Å². The molecule has 4 heterocycles. The number of rotatable bonds is 4. The first kappa shape index (κ1) is 20.9. The average Bonchev–Trinajstić information content (AvgIpc) is 3.51. The summed E-state index contributed by atoms with van der Waals surface area (Å²) in [4.78, 5) is 23.8. The lowest BCUT2D eigenvalue weighted by atomic mass is 9.83. The zero-order valence-electron chi connectivity index (χ0n) is 18.7. The second-order valence-corrected chi connectivity index (χ2v) is 9.21. The van der Waals surface area contributed by atoms with Crippen LogP contribution in [0.5, 0.6) is 0 Å². The lowest BCUT2D eigenvalue weighted by Crippen LogP contribution is -2.39. The van der Waals surface area contributed by atoms with Crippen LogP contribution in [0.3, 0.4) is 0 Å². The summed E-state index contributed by atoms with van der Waals surface area (Å²) in [6.45, 7) is 2.13. The van der Waals surface area contributed by atoms with Crippen molar-refractivity contribution in [2.24, 2.45) is 5.92 Å². The van der Waals surface area contributed by atoms with Crippen molar-refractivity contribution in [1.82, 2.24) is 35.9 Å². The highest BCUT2D eigenvalue weighted by Gasteiger charge is 2.33. The van der Waals surface area contributed by atoms with Crippen LogP contribution in [-0.2, 0) is 13.1 Å². The van der Waals surface area contributed by atoms with E-state index in [4.69, 9.17) is 4.98 Å². The lowest BCUT2D eigenvalue weighted by Gasteiger charge is -2.31. The average molecular weight is 458 g/mol. The van der Waals surface area contributed by atoms with Crippen LogP contribution in [0.25, 0.3) is 11.4 Å². The van der Waals surface area contributed by atoms with E-state index in [1.165, 1.54) is 12.6 Å². The van der Waals surface area contributed by atoms with Gasteiger partial charge in [-0.1, -0.05) is 12.1 Å². The third-order valence-corrected chi connectivity index (χ3v) is 6.95. The predicted molar refractivity (Wildman–Crippen MR) is 127 cm³/mol. The van der Waals surface area contributed by atoms with Crippen LogP contribution < -0.4 is 21.5 Å². The van der Waals surface area contributed by atoms with Gasteiger partial charge in [-0.3, -0.25) is 10.9 Å². The van der Waals surface area contributed by atoms with E-state index in [1.54, 1.807) is 17.2 Å². The molecule has 1 aliphatic carbocycles. The number of anilines is 2. The zero-order valence-corrected chi connectivity index (χ0v) is 18.7. The molecular weight excluding hydrogens is 430 g/mol. The fourth-order valence-electron chi connectivity index (χ4n) is 5.16. The van der Waals surface area contributed by atoms with Crippen molar-refractivity contribution in [2.75, 3.05) is 17.2 Å². The van der Waals surface area contributed by atoms with Gasteiger partial charge < -0.3 is 15.5 Å². The van der Waals surface area contributed by atoms with Gasteiger partial charge in [0.1, 0.15) is 5.82 Å². The summed E-state index contributed by atoms with van der Waals surface area (Å²) in [5, 5.41) is 14.0. The van der Waals surface area contributed by atoms with Gasteiger partial charge in [-0.2, -0.15) is 10.2 Å². The maximum atomic E-state index is 12.7. The topological polar surface area (TPSA) is 120 Å². The molecular formula is C24H27N9O.